The average Bonchev–Trinajstić information content (AvgIpc) is 2.25. The molecule has 0 aromatic carbocycles. The minimum atomic E-state index is 0.201. The van der Waals surface area contributed by atoms with E-state index in [4.69, 9.17) is 0 Å². The van der Waals surface area contributed by atoms with Gasteiger partial charge in [0.1, 0.15) is 0 Å². The van der Waals surface area contributed by atoms with Crippen LogP contribution in [0.15, 0.2) is 18.3 Å². The van der Waals surface area contributed by atoms with Crippen molar-refractivity contribution < 1.29 is 0 Å². The number of nitrogens with zero attached hydrogens (tertiary/aromatic N) is 1. The van der Waals surface area contributed by atoms with Gasteiger partial charge in [-0.25, -0.2) is 0 Å². The zero-order valence-electron chi connectivity index (χ0n) is 10.6. The molecule has 0 radical (unpaired) electrons. The lowest BCUT2D eigenvalue weighted by Gasteiger charge is -2.28. The van der Waals surface area contributed by atoms with E-state index in [-0.39, 0.29) is 5.54 Å². The van der Waals surface area contributed by atoms with Gasteiger partial charge in [0.05, 0.1) is 0 Å². The Labute approximate surface area is 98.5 Å². The number of fused-ring (bicyclic) bond motifs is 1. The van der Waals surface area contributed by atoms with E-state index in [0.29, 0.717) is 5.92 Å². The van der Waals surface area contributed by atoms with E-state index in [1.165, 1.54) is 30.5 Å². The molecule has 16 heavy (non-hydrogen) atoms. The summed E-state index contributed by atoms with van der Waals surface area (Å²) in [6.45, 7) is 7.70. The molecule has 2 heteroatoms. The molecule has 1 unspecified atom stereocenters. The summed E-state index contributed by atoms with van der Waals surface area (Å²) < 4.78 is 0. The third kappa shape index (κ3) is 2.82. The number of hydrogen-bond acceptors (Lipinski definition) is 2. The molecule has 0 bridgehead atoms. The predicted molar refractivity (Wildman–Crippen MR) is 67.7 cm³/mol. The molecule has 88 valence electrons. The van der Waals surface area contributed by atoms with Crippen LogP contribution in [0.1, 0.15) is 50.8 Å². The van der Waals surface area contributed by atoms with Crippen molar-refractivity contribution in [1.29, 1.82) is 0 Å². The predicted octanol–water partition coefficient (Wildman–Crippen LogP) is 2.89. The highest BCUT2D eigenvalue weighted by Gasteiger charge is 2.22. The molecule has 0 fully saturated rings. The van der Waals surface area contributed by atoms with E-state index in [2.05, 4.69) is 43.2 Å². The van der Waals surface area contributed by atoms with Crippen molar-refractivity contribution in [2.45, 2.75) is 51.5 Å². The van der Waals surface area contributed by atoms with Gasteiger partial charge in [0.15, 0.2) is 0 Å². The van der Waals surface area contributed by atoms with E-state index in [1.54, 1.807) is 0 Å². The molecule has 2 rings (SSSR count). The molecule has 1 N–H and O–H groups in total. The van der Waals surface area contributed by atoms with Crippen LogP contribution < -0.4 is 5.32 Å². The van der Waals surface area contributed by atoms with Crippen molar-refractivity contribution in [3.63, 3.8) is 0 Å². The summed E-state index contributed by atoms with van der Waals surface area (Å²) in [5, 5.41) is 3.59. The first-order chi connectivity index (χ1) is 7.56. The second-order valence-corrected chi connectivity index (χ2v) is 5.77. The molecular weight excluding hydrogens is 196 g/mol. The Morgan fingerprint density at radius 2 is 2.25 bits per heavy atom. The number of nitrogens with one attached hydrogen (secondary N) is 1. The normalized spacial score (nSPS) is 20.6. The molecule has 1 aliphatic carbocycles. The third-order valence-electron chi connectivity index (χ3n) is 3.19. The van der Waals surface area contributed by atoms with Gasteiger partial charge in [0.25, 0.3) is 0 Å². The van der Waals surface area contributed by atoms with Crippen LogP contribution in [-0.2, 0) is 6.42 Å². The monoisotopic (exact) mass is 218 g/mol. The van der Waals surface area contributed by atoms with Crippen molar-refractivity contribution in [2.24, 2.45) is 0 Å². The molecule has 1 heterocycles. The summed E-state index contributed by atoms with van der Waals surface area (Å²) in [5.74, 6) is 0.601. The van der Waals surface area contributed by atoms with Crippen LogP contribution in [-0.4, -0.2) is 17.1 Å². The summed E-state index contributed by atoms with van der Waals surface area (Å²) in [7, 11) is 0. The first-order valence-electron chi connectivity index (χ1n) is 6.25. The summed E-state index contributed by atoms with van der Waals surface area (Å²) in [6, 6.07) is 4.28. The van der Waals surface area contributed by atoms with Crippen LogP contribution in [0.25, 0.3) is 0 Å². The van der Waals surface area contributed by atoms with E-state index in [1.807, 2.05) is 6.20 Å². The lowest BCUT2D eigenvalue weighted by molar-refractivity contribution is 0.386. The fourth-order valence-electron chi connectivity index (χ4n) is 2.33. The molecule has 1 aromatic heterocycles. The topological polar surface area (TPSA) is 24.9 Å². The SMILES string of the molecule is CC(C)(C)NCC1CCCc2cccnc21. The molecular formula is C14H22N2. The van der Waals surface area contributed by atoms with Crippen LogP contribution in [0.5, 0.6) is 0 Å². The maximum absolute atomic E-state index is 4.56. The Bertz CT molecular complexity index is 352. The van der Waals surface area contributed by atoms with Crippen molar-refractivity contribution in [3.05, 3.63) is 29.6 Å². The summed E-state index contributed by atoms with van der Waals surface area (Å²) >= 11 is 0. The van der Waals surface area contributed by atoms with E-state index < -0.39 is 0 Å². The molecule has 0 saturated heterocycles. The van der Waals surface area contributed by atoms with Gasteiger partial charge < -0.3 is 5.32 Å². The molecule has 1 aliphatic rings. The van der Waals surface area contributed by atoms with Crippen LogP contribution in [0.3, 0.4) is 0 Å². The largest absolute Gasteiger partial charge is 0.311 e. The van der Waals surface area contributed by atoms with Crippen LogP contribution in [0, 0.1) is 0 Å². The van der Waals surface area contributed by atoms with Gasteiger partial charge >= 0.3 is 0 Å². The van der Waals surface area contributed by atoms with Crippen molar-refractivity contribution in [1.82, 2.24) is 10.3 Å². The van der Waals surface area contributed by atoms with Crippen LogP contribution >= 0.6 is 0 Å². The number of pyridine rings is 1. The molecule has 1 atom stereocenters. The maximum Gasteiger partial charge on any atom is 0.0479 e. The van der Waals surface area contributed by atoms with E-state index in [0.717, 1.165) is 6.54 Å². The maximum atomic E-state index is 4.56. The first kappa shape index (κ1) is 11.6. The van der Waals surface area contributed by atoms with Gasteiger partial charge in [-0.1, -0.05) is 6.07 Å². The van der Waals surface area contributed by atoms with Gasteiger partial charge in [-0.2, -0.15) is 0 Å². The third-order valence-corrected chi connectivity index (χ3v) is 3.19. The Hall–Kier alpha value is -0.890. The fraction of sp³-hybridized carbons (Fsp3) is 0.643. The van der Waals surface area contributed by atoms with Crippen molar-refractivity contribution in [2.75, 3.05) is 6.54 Å². The summed E-state index contributed by atoms with van der Waals surface area (Å²) in [6.07, 6.45) is 5.70. The fourth-order valence-corrected chi connectivity index (χ4v) is 2.33. The molecule has 1 aromatic rings. The number of aromatic nitrogens is 1. The van der Waals surface area contributed by atoms with E-state index >= 15 is 0 Å². The second kappa shape index (κ2) is 4.54. The molecule has 0 saturated carbocycles. The molecule has 0 spiro atoms. The number of rotatable bonds is 2. The molecule has 0 aliphatic heterocycles. The Balaban J connectivity index is 2.07. The average molecular weight is 218 g/mol. The van der Waals surface area contributed by atoms with Gasteiger partial charge in [-0.05, 0) is 51.7 Å². The first-order valence-corrected chi connectivity index (χ1v) is 6.25. The summed E-state index contributed by atoms with van der Waals surface area (Å²) in [5.41, 5.74) is 2.98. The standard InChI is InChI=1S/C14H22N2/c1-14(2,3)16-10-12-7-4-6-11-8-5-9-15-13(11)12/h5,8-9,12,16H,4,6-7,10H2,1-3H3. The molecule has 2 nitrogen and oxygen atoms in total. The Kier molecular flexibility index (Phi) is 3.29. The van der Waals surface area contributed by atoms with Crippen LogP contribution in [0.4, 0.5) is 0 Å². The minimum Gasteiger partial charge on any atom is -0.311 e. The molecule has 0 amide bonds. The lowest BCUT2D eigenvalue weighted by atomic mass is 9.86. The Morgan fingerprint density at radius 3 is 3.00 bits per heavy atom. The highest BCUT2D eigenvalue weighted by Crippen LogP contribution is 2.29. The van der Waals surface area contributed by atoms with Gasteiger partial charge in [-0.3, -0.25) is 4.98 Å². The van der Waals surface area contributed by atoms with E-state index in [9.17, 15) is 0 Å². The van der Waals surface area contributed by atoms with Crippen molar-refractivity contribution in [3.8, 4) is 0 Å². The minimum absolute atomic E-state index is 0.201. The zero-order chi connectivity index (χ0) is 11.6. The second-order valence-electron chi connectivity index (χ2n) is 5.77. The highest BCUT2D eigenvalue weighted by atomic mass is 14.9. The number of hydrogen-bond donors (Lipinski definition) is 1. The summed E-state index contributed by atoms with van der Waals surface area (Å²) in [4.78, 5) is 4.56. The van der Waals surface area contributed by atoms with Gasteiger partial charge in [0.2, 0.25) is 0 Å². The quantitative estimate of drug-likeness (QED) is 0.825. The Morgan fingerprint density at radius 1 is 1.44 bits per heavy atom. The van der Waals surface area contributed by atoms with Gasteiger partial charge in [0, 0.05) is 29.9 Å². The van der Waals surface area contributed by atoms with Crippen LogP contribution in [0.2, 0.25) is 0 Å². The van der Waals surface area contributed by atoms with Gasteiger partial charge in [-0.15, -0.1) is 0 Å². The number of aryl methyl sites for hydroxylation is 1. The van der Waals surface area contributed by atoms with Crippen molar-refractivity contribution >= 4 is 0 Å². The zero-order valence-corrected chi connectivity index (χ0v) is 10.6. The highest BCUT2D eigenvalue weighted by molar-refractivity contribution is 5.26. The smallest absolute Gasteiger partial charge is 0.0479 e. The lowest BCUT2D eigenvalue weighted by Crippen LogP contribution is -2.39.